The maximum Gasteiger partial charge on any atom is 0.262 e. The minimum Gasteiger partial charge on any atom is -0.478 e. The van der Waals surface area contributed by atoms with E-state index in [-0.39, 0.29) is 24.2 Å². The summed E-state index contributed by atoms with van der Waals surface area (Å²) in [6.45, 7) is 5.50. The van der Waals surface area contributed by atoms with Crippen LogP contribution in [0.4, 0.5) is 5.95 Å². The molecule has 0 aliphatic heterocycles. The number of nitriles is 1. The summed E-state index contributed by atoms with van der Waals surface area (Å²) in [6.07, 6.45) is 5.05. The first-order chi connectivity index (χ1) is 16.0. The molecule has 33 heavy (non-hydrogen) atoms. The Morgan fingerprint density at radius 3 is 2.79 bits per heavy atom. The molecule has 0 radical (unpaired) electrons. The van der Waals surface area contributed by atoms with E-state index in [9.17, 15) is 4.21 Å². The number of benzene rings is 1. The van der Waals surface area contributed by atoms with E-state index in [2.05, 4.69) is 24.8 Å². The van der Waals surface area contributed by atoms with Crippen molar-refractivity contribution in [3.05, 3.63) is 47.5 Å². The van der Waals surface area contributed by atoms with Crippen LogP contribution in [0.15, 0.2) is 41.7 Å². The third kappa shape index (κ3) is 4.92. The predicted molar refractivity (Wildman–Crippen MR) is 126 cm³/mol. The first-order valence-corrected chi connectivity index (χ1v) is 11.5. The number of aryl methyl sites for hydroxylation is 1. The van der Waals surface area contributed by atoms with Gasteiger partial charge in [-0.15, -0.1) is 0 Å². The van der Waals surface area contributed by atoms with Crippen molar-refractivity contribution in [2.75, 3.05) is 18.4 Å². The molecule has 0 aliphatic rings. The summed E-state index contributed by atoms with van der Waals surface area (Å²) >= 11 is 6.38. The van der Waals surface area contributed by atoms with E-state index in [1.165, 1.54) is 7.11 Å². The summed E-state index contributed by atoms with van der Waals surface area (Å²) < 4.78 is 28.0. The molecule has 0 saturated carbocycles. The largest absolute Gasteiger partial charge is 0.478 e. The van der Waals surface area contributed by atoms with Gasteiger partial charge >= 0.3 is 0 Å². The molecule has 0 spiro atoms. The van der Waals surface area contributed by atoms with Gasteiger partial charge < -0.3 is 14.5 Å². The number of nitrogens with zero attached hydrogens (tertiary/aromatic N) is 5. The zero-order valence-corrected chi connectivity index (χ0v) is 20.0. The van der Waals surface area contributed by atoms with E-state index in [1.54, 1.807) is 48.4 Å². The Hall–Kier alpha value is -3.62. The van der Waals surface area contributed by atoms with E-state index >= 15 is 0 Å². The van der Waals surface area contributed by atoms with Crippen LogP contribution in [0.2, 0.25) is 5.02 Å². The summed E-state index contributed by atoms with van der Waals surface area (Å²) in [7, 11) is -0.279. The monoisotopic (exact) mass is 487 g/mol. The van der Waals surface area contributed by atoms with Gasteiger partial charge in [-0.1, -0.05) is 25.4 Å². The molecule has 2 N–H and O–H groups in total. The second kappa shape index (κ2) is 10.8. The molecule has 4 rings (SSSR count). The summed E-state index contributed by atoms with van der Waals surface area (Å²) in [5.41, 5.74) is 1.78. The van der Waals surface area contributed by atoms with Crippen LogP contribution in [0, 0.1) is 18.3 Å². The Bertz CT molecular complexity index is 1320. The van der Waals surface area contributed by atoms with Crippen LogP contribution >= 0.6 is 11.6 Å². The molecule has 0 aliphatic carbocycles. The Morgan fingerprint density at radius 2 is 2.12 bits per heavy atom. The fraction of sp³-hybridized carbons (Fsp3) is 0.238. The average molecular weight is 488 g/mol. The van der Waals surface area contributed by atoms with Crippen molar-refractivity contribution in [2.24, 2.45) is 0 Å². The molecule has 0 fully saturated rings. The van der Waals surface area contributed by atoms with Crippen molar-refractivity contribution >= 4 is 39.4 Å². The second-order valence-electron chi connectivity index (χ2n) is 6.21. The molecule has 0 bridgehead atoms. The van der Waals surface area contributed by atoms with Crippen molar-refractivity contribution in [2.45, 2.75) is 25.7 Å². The van der Waals surface area contributed by atoms with Crippen molar-refractivity contribution in [3.63, 3.8) is 0 Å². The SMILES string of the molecule is CC.COc1nc(NS(=O)c2c[nH]c3c(-n4cccn4)c(Cl)ccc23)nc(C)c1OCC#N. The molecule has 0 amide bonds. The van der Waals surface area contributed by atoms with Gasteiger partial charge in [-0.25, -0.2) is 13.9 Å². The van der Waals surface area contributed by atoms with Gasteiger partial charge in [-0.05, 0) is 25.1 Å². The van der Waals surface area contributed by atoms with Crippen molar-refractivity contribution < 1.29 is 13.7 Å². The fourth-order valence-electron chi connectivity index (χ4n) is 3.04. The third-order valence-corrected chi connectivity index (χ3v) is 5.75. The summed E-state index contributed by atoms with van der Waals surface area (Å²) in [6, 6.07) is 7.17. The van der Waals surface area contributed by atoms with Crippen LogP contribution < -0.4 is 14.2 Å². The lowest BCUT2D eigenvalue weighted by Gasteiger charge is -2.12. The summed E-state index contributed by atoms with van der Waals surface area (Å²) in [5.74, 6) is 0.479. The van der Waals surface area contributed by atoms with Gasteiger partial charge in [0.15, 0.2) is 17.6 Å². The zero-order chi connectivity index (χ0) is 24.0. The van der Waals surface area contributed by atoms with E-state index in [0.717, 1.165) is 0 Å². The zero-order valence-electron chi connectivity index (χ0n) is 18.4. The molecule has 1 unspecified atom stereocenters. The van der Waals surface area contributed by atoms with Crippen molar-refractivity contribution in [1.82, 2.24) is 24.7 Å². The van der Waals surface area contributed by atoms with E-state index < -0.39 is 11.0 Å². The van der Waals surface area contributed by atoms with E-state index in [4.69, 9.17) is 26.3 Å². The number of aromatic nitrogens is 5. The normalized spacial score (nSPS) is 11.3. The first-order valence-electron chi connectivity index (χ1n) is 9.94. The Morgan fingerprint density at radius 1 is 1.33 bits per heavy atom. The molecule has 10 nitrogen and oxygen atoms in total. The first kappa shape index (κ1) is 24.0. The molecular formula is C21H22ClN7O3S. The van der Waals surface area contributed by atoms with Crippen LogP contribution in [-0.2, 0) is 11.0 Å². The lowest BCUT2D eigenvalue weighted by atomic mass is 10.2. The molecule has 3 heterocycles. The molecular weight excluding hydrogens is 466 g/mol. The van der Waals surface area contributed by atoms with Gasteiger partial charge in [0.2, 0.25) is 11.7 Å². The number of aromatic amines is 1. The maximum atomic E-state index is 13.1. The van der Waals surface area contributed by atoms with Gasteiger partial charge in [0.1, 0.15) is 11.8 Å². The van der Waals surface area contributed by atoms with Crippen LogP contribution in [0.25, 0.3) is 16.6 Å². The predicted octanol–water partition coefficient (Wildman–Crippen LogP) is 4.18. The molecule has 3 aromatic heterocycles. The van der Waals surface area contributed by atoms with Crippen LogP contribution in [0.1, 0.15) is 19.5 Å². The highest BCUT2D eigenvalue weighted by Gasteiger charge is 2.19. The van der Waals surface area contributed by atoms with Crippen molar-refractivity contribution in [1.29, 1.82) is 5.26 Å². The van der Waals surface area contributed by atoms with Crippen molar-refractivity contribution in [3.8, 4) is 23.4 Å². The number of rotatable bonds is 7. The average Bonchev–Trinajstić information content (AvgIpc) is 3.49. The number of halogens is 1. The molecule has 172 valence electrons. The van der Waals surface area contributed by atoms with Gasteiger partial charge in [0.25, 0.3) is 5.88 Å². The summed E-state index contributed by atoms with van der Waals surface area (Å²) in [4.78, 5) is 12.1. The topological polar surface area (TPSA) is 131 Å². The lowest BCUT2D eigenvalue weighted by Crippen LogP contribution is -2.10. The number of hydrogen-bond donors (Lipinski definition) is 2. The smallest absolute Gasteiger partial charge is 0.262 e. The molecule has 1 aromatic carbocycles. The minimum atomic E-state index is -1.70. The molecule has 4 aromatic rings. The maximum absolute atomic E-state index is 13.1. The van der Waals surface area contributed by atoms with Crippen LogP contribution in [0.5, 0.6) is 11.6 Å². The number of methoxy groups -OCH3 is 1. The number of anilines is 1. The minimum absolute atomic E-state index is 0.0904. The Kier molecular flexibility index (Phi) is 7.87. The quantitative estimate of drug-likeness (QED) is 0.399. The number of H-pyrrole nitrogens is 1. The molecule has 1 atom stereocenters. The highest BCUT2D eigenvalue weighted by molar-refractivity contribution is 7.86. The number of nitrogens with one attached hydrogen (secondary N) is 2. The molecule has 12 heteroatoms. The second-order valence-corrected chi connectivity index (χ2v) is 7.80. The van der Waals surface area contributed by atoms with Gasteiger partial charge in [0, 0.05) is 24.0 Å². The van der Waals surface area contributed by atoms with Crippen LogP contribution in [-0.4, -0.2) is 42.7 Å². The van der Waals surface area contributed by atoms with Gasteiger partial charge in [-0.3, -0.25) is 4.72 Å². The number of hydrogen-bond acceptors (Lipinski definition) is 7. The highest BCUT2D eigenvalue weighted by Crippen LogP contribution is 2.33. The fourth-order valence-corrected chi connectivity index (χ4v) is 4.19. The highest BCUT2D eigenvalue weighted by atomic mass is 35.5. The summed E-state index contributed by atoms with van der Waals surface area (Å²) in [5, 5.41) is 14.2. The number of fused-ring (bicyclic) bond motifs is 1. The Balaban J connectivity index is 0.00000149. The van der Waals surface area contributed by atoms with E-state index in [1.807, 2.05) is 19.9 Å². The number of ether oxygens (including phenoxy) is 2. The van der Waals surface area contributed by atoms with Crippen LogP contribution in [0.3, 0.4) is 0 Å². The third-order valence-electron chi connectivity index (χ3n) is 4.34. The van der Waals surface area contributed by atoms with E-state index in [0.29, 0.717) is 32.2 Å². The van der Waals surface area contributed by atoms with Gasteiger partial charge in [-0.2, -0.15) is 15.3 Å². The Labute approximate surface area is 198 Å². The molecule has 0 saturated heterocycles. The standard InChI is InChI=1S/C19H16ClN7O3S.C2H6/c1-11-17(30-9-6-21)18(29-2)25-19(24-11)26-31(28)14-10-22-15-12(14)4-5-13(20)16(15)27-8-3-7-23-27;1-2/h3-5,7-8,10,22H,9H2,1-2H3,(H,24,25,26);1-2H3. The van der Waals surface area contributed by atoms with Gasteiger partial charge in [0.05, 0.1) is 28.2 Å². The lowest BCUT2D eigenvalue weighted by molar-refractivity contribution is 0.317.